The zero-order chi connectivity index (χ0) is 39.5. The second kappa shape index (κ2) is 16.8. The van der Waals surface area contributed by atoms with E-state index in [4.69, 9.17) is 0 Å². The third-order valence-electron chi connectivity index (χ3n) is 11.8. The third-order valence-corrected chi connectivity index (χ3v) is 11.8. The van der Waals surface area contributed by atoms with E-state index in [2.05, 4.69) is 32.7 Å². The van der Waals surface area contributed by atoms with Gasteiger partial charge >= 0.3 is 0 Å². The molecule has 3 N–H and O–H groups in total. The van der Waals surface area contributed by atoms with Gasteiger partial charge in [0.25, 0.3) is 0 Å². The quantitative estimate of drug-likeness (QED) is 0.141. The predicted molar refractivity (Wildman–Crippen MR) is 223 cm³/mol. The third kappa shape index (κ3) is 8.36. The molecule has 4 amide bonds. The molecule has 0 spiro atoms. The zero-order valence-electron chi connectivity index (χ0n) is 32.7. The Morgan fingerprint density at radius 2 is 1.35 bits per heavy atom. The van der Waals surface area contributed by atoms with Gasteiger partial charge in [-0.3, -0.25) is 29.0 Å². The van der Waals surface area contributed by atoms with Crippen molar-refractivity contribution in [2.45, 2.75) is 56.8 Å². The fraction of sp³-hybridized carbons (Fsp3) is 0.348. The van der Waals surface area contributed by atoms with E-state index in [-0.39, 0.29) is 29.5 Å². The summed E-state index contributed by atoms with van der Waals surface area (Å²) >= 11 is 0. The van der Waals surface area contributed by atoms with E-state index >= 15 is 0 Å². The number of hydrogen-bond acceptors (Lipinski definition) is 6. The number of H-pyrrole nitrogens is 1. The van der Waals surface area contributed by atoms with Gasteiger partial charge in [0.2, 0.25) is 23.6 Å². The molecule has 4 heterocycles. The van der Waals surface area contributed by atoms with E-state index in [1.807, 2.05) is 116 Å². The van der Waals surface area contributed by atoms with Crippen LogP contribution in [0.5, 0.6) is 0 Å². The standard InChI is InChI=1S/C46H51N7O4/c1-50(2)42(33-13-7-4-8-14-33)46(57)53-25-10-16-41(53)44(55)48-37-21-22-38-35(27-37)28-39(49-38)32-17-19-36(20-18-32)47-43(54)40-15-9-24-52(40)45(56)34-23-26-51(30-34)29-31-11-5-3-6-12-31/h3-8,11-14,17-22,27-28,34,40-42,49H,9-10,15-16,23-26,29-30H2,1-2H3,(H,47,54)(H,48,55)/t34-,40-,41-,42+/m0/s1. The Morgan fingerprint density at radius 1 is 0.719 bits per heavy atom. The van der Waals surface area contributed by atoms with Crippen molar-refractivity contribution in [1.82, 2.24) is 24.6 Å². The number of fused-ring (bicyclic) bond motifs is 1. The van der Waals surface area contributed by atoms with Crippen LogP contribution in [0, 0.1) is 5.92 Å². The second-order valence-electron chi connectivity index (χ2n) is 15.9. The lowest BCUT2D eigenvalue weighted by molar-refractivity contribution is -0.140. The summed E-state index contributed by atoms with van der Waals surface area (Å²) in [4.78, 5) is 65.8. The van der Waals surface area contributed by atoms with Crippen molar-refractivity contribution < 1.29 is 19.2 Å². The van der Waals surface area contributed by atoms with Crippen LogP contribution in [-0.2, 0) is 25.7 Å². The van der Waals surface area contributed by atoms with Crippen molar-refractivity contribution in [3.05, 3.63) is 120 Å². The number of amides is 4. The number of nitrogens with zero attached hydrogens (tertiary/aromatic N) is 4. The van der Waals surface area contributed by atoms with Crippen LogP contribution < -0.4 is 10.6 Å². The second-order valence-corrected chi connectivity index (χ2v) is 15.9. The molecule has 3 fully saturated rings. The number of likely N-dealkylation sites (N-methyl/N-ethyl adjacent to an activating group) is 1. The van der Waals surface area contributed by atoms with Crippen molar-refractivity contribution in [2.75, 3.05) is 50.9 Å². The smallest absolute Gasteiger partial charge is 0.247 e. The average molecular weight is 766 g/mol. The first-order valence-corrected chi connectivity index (χ1v) is 20.2. The first kappa shape index (κ1) is 38.1. The summed E-state index contributed by atoms with van der Waals surface area (Å²) in [5.74, 6) is -0.394. The Morgan fingerprint density at radius 3 is 2.05 bits per heavy atom. The molecule has 57 heavy (non-hydrogen) atoms. The topological polar surface area (TPSA) is 121 Å². The summed E-state index contributed by atoms with van der Waals surface area (Å²) in [5.41, 5.74) is 6.27. The summed E-state index contributed by atoms with van der Waals surface area (Å²) in [7, 11) is 3.78. The van der Waals surface area contributed by atoms with Crippen molar-refractivity contribution in [3.8, 4) is 11.3 Å². The van der Waals surface area contributed by atoms with E-state index < -0.39 is 18.1 Å². The van der Waals surface area contributed by atoms with Gasteiger partial charge < -0.3 is 25.4 Å². The van der Waals surface area contributed by atoms with Crippen LogP contribution in [0.1, 0.15) is 49.3 Å². The summed E-state index contributed by atoms with van der Waals surface area (Å²) < 4.78 is 0. The van der Waals surface area contributed by atoms with Crippen LogP contribution >= 0.6 is 0 Å². The Bertz CT molecular complexity index is 2220. The molecule has 3 aliphatic heterocycles. The lowest BCUT2D eigenvalue weighted by atomic mass is 10.0. The van der Waals surface area contributed by atoms with Crippen LogP contribution in [-0.4, -0.2) is 101 Å². The van der Waals surface area contributed by atoms with Gasteiger partial charge in [-0.25, -0.2) is 0 Å². The number of nitrogens with one attached hydrogen (secondary N) is 3. The van der Waals surface area contributed by atoms with Crippen LogP contribution in [0.4, 0.5) is 11.4 Å². The minimum absolute atomic E-state index is 0.0680. The summed E-state index contributed by atoms with van der Waals surface area (Å²) in [6, 6.07) is 34.0. The van der Waals surface area contributed by atoms with Crippen LogP contribution in [0.3, 0.4) is 0 Å². The minimum Gasteiger partial charge on any atom is -0.355 e. The molecule has 0 radical (unpaired) electrons. The number of carbonyl (C=O) groups is 4. The maximum atomic E-state index is 13.8. The molecule has 5 aromatic rings. The summed E-state index contributed by atoms with van der Waals surface area (Å²) in [5, 5.41) is 7.08. The number of hydrogen-bond donors (Lipinski definition) is 3. The van der Waals surface area contributed by atoms with Gasteiger partial charge in [-0.15, -0.1) is 0 Å². The van der Waals surface area contributed by atoms with Crippen LogP contribution in [0.25, 0.3) is 22.2 Å². The van der Waals surface area contributed by atoms with E-state index in [9.17, 15) is 19.2 Å². The van der Waals surface area contributed by atoms with Gasteiger partial charge in [0.15, 0.2) is 0 Å². The molecular formula is C46H51N7O4. The number of likely N-dealkylation sites (tertiary alicyclic amines) is 3. The molecule has 1 aromatic heterocycles. The van der Waals surface area contributed by atoms with Gasteiger partial charge in [0, 0.05) is 54.2 Å². The van der Waals surface area contributed by atoms with Crippen LogP contribution in [0.2, 0.25) is 0 Å². The number of rotatable bonds is 11. The fourth-order valence-corrected chi connectivity index (χ4v) is 8.86. The molecule has 0 aliphatic carbocycles. The largest absolute Gasteiger partial charge is 0.355 e. The minimum atomic E-state index is -0.541. The SMILES string of the molecule is CN(C)[C@@H](C(=O)N1CCC[C@H]1C(=O)Nc1ccc2[nH]c(-c3ccc(NC(=O)[C@@H]4CCCN4C(=O)[C@H]4CCN(Cc5ccccc5)C4)cc3)cc2c1)c1ccccc1. The monoisotopic (exact) mass is 765 g/mol. The highest BCUT2D eigenvalue weighted by atomic mass is 16.2. The van der Waals surface area contributed by atoms with E-state index in [1.54, 1.807) is 9.80 Å². The molecule has 0 unspecified atom stereocenters. The molecule has 4 aromatic carbocycles. The van der Waals surface area contributed by atoms with Gasteiger partial charge in [-0.1, -0.05) is 72.8 Å². The molecule has 11 nitrogen and oxygen atoms in total. The average Bonchev–Trinajstić information content (AvgIpc) is 4.06. The number of anilines is 2. The first-order valence-electron chi connectivity index (χ1n) is 20.2. The highest BCUT2D eigenvalue weighted by Gasteiger charge is 2.40. The lowest BCUT2D eigenvalue weighted by Gasteiger charge is -2.31. The van der Waals surface area contributed by atoms with Gasteiger partial charge in [0.1, 0.15) is 18.1 Å². The molecule has 3 saturated heterocycles. The highest BCUT2D eigenvalue weighted by Crippen LogP contribution is 2.31. The van der Waals surface area contributed by atoms with Crippen molar-refractivity contribution >= 4 is 45.9 Å². The van der Waals surface area contributed by atoms with Gasteiger partial charge in [0.05, 0.1) is 5.92 Å². The maximum absolute atomic E-state index is 13.8. The van der Waals surface area contributed by atoms with E-state index in [0.29, 0.717) is 37.3 Å². The molecular weight excluding hydrogens is 715 g/mol. The molecule has 0 bridgehead atoms. The Labute approximate surface area is 334 Å². The number of aromatic amines is 1. The summed E-state index contributed by atoms with van der Waals surface area (Å²) in [6.07, 6.45) is 3.69. The normalized spacial score (nSPS) is 20.3. The summed E-state index contributed by atoms with van der Waals surface area (Å²) in [6.45, 7) is 3.59. The van der Waals surface area contributed by atoms with E-state index in [1.165, 1.54) is 5.56 Å². The van der Waals surface area contributed by atoms with Crippen molar-refractivity contribution in [3.63, 3.8) is 0 Å². The molecule has 294 valence electrons. The van der Waals surface area contributed by atoms with Gasteiger partial charge in [-0.05, 0) is 106 Å². The number of benzene rings is 4. The highest BCUT2D eigenvalue weighted by molar-refractivity contribution is 6.01. The van der Waals surface area contributed by atoms with Crippen LogP contribution in [0.15, 0.2) is 109 Å². The van der Waals surface area contributed by atoms with Crippen molar-refractivity contribution in [2.24, 2.45) is 5.92 Å². The predicted octanol–water partition coefficient (Wildman–Crippen LogP) is 6.52. The fourth-order valence-electron chi connectivity index (χ4n) is 8.86. The maximum Gasteiger partial charge on any atom is 0.247 e. The van der Waals surface area contributed by atoms with Gasteiger partial charge in [-0.2, -0.15) is 0 Å². The van der Waals surface area contributed by atoms with E-state index in [0.717, 1.165) is 66.6 Å². The lowest BCUT2D eigenvalue weighted by Crippen LogP contribution is -2.47. The zero-order valence-corrected chi connectivity index (χ0v) is 32.7. The number of carbonyl (C=O) groups excluding carboxylic acids is 4. The Kier molecular flexibility index (Phi) is 11.2. The Balaban J connectivity index is 0.872. The molecule has 8 rings (SSSR count). The number of aromatic nitrogens is 1. The molecule has 4 atom stereocenters. The Hall–Kier alpha value is -5.78. The first-order chi connectivity index (χ1) is 27.7. The van der Waals surface area contributed by atoms with Crippen molar-refractivity contribution in [1.29, 1.82) is 0 Å². The molecule has 11 heteroatoms. The molecule has 0 saturated carbocycles. The molecule has 3 aliphatic rings.